The lowest BCUT2D eigenvalue weighted by Gasteiger charge is -2.39. The summed E-state index contributed by atoms with van der Waals surface area (Å²) < 4.78 is 39.2. The molecule has 0 atom stereocenters. The van der Waals surface area contributed by atoms with Gasteiger partial charge in [0.05, 0.1) is 16.9 Å². The fourth-order valence-electron chi connectivity index (χ4n) is 5.56. The molecule has 0 aliphatic carbocycles. The Kier molecular flexibility index (Phi) is 5.45. The molecule has 0 saturated carbocycles. The lowest BCUT2D eigenvalue weighted by Crippen LogP contribution is -2.45. The minimum atomic E-state index is -4.93. The van der Waals surface area contributed by atoms with Gasteiger partial charge in [-0.3, -0.25) is 9.78 Å². The van der Waals surface area contributed by atoms with Crippen LogP contribution in [-0.2, 0) is 10.2 Å². The van der Waals surface area contributed by atoms with Crippen LogP contribution in [0.25, 0.3) is 44.0 Å². The van der Waals surface area contributed by atoms with Gasteiger partial charge < -0.3 is 14.5 Å². The van der Waals surface area contributed by atoms with Gasteiger partial charge >= 0.3 is 10.2 Å². The van der Waals surface area contributed by atoms with E-state index < -0.39 is 15.1 Å². The van der Waals surface area contributed by atoms with Crippen LogP contribution in [0.2, 0.25) is 0 Å². The molecule has 5 aromatic rings. The predicted octanol–water partition coefficient (Wildman–Crippen LogP) is 4.95. The molecular formula is C29H25FN4O3S. The van der Waals surface area contributed by atoms with Gasteiger partial charge in [0.2, 0.25) is 0 Å². The molecule has 1 N–H and O–H groups in total. The van der Waals surface area contributed by atoms with Crippen molar-refractivity contribution in [2.24, 2.45) is 0 Å². The molecule has 0 unspecified atom stereocenters. The highest BCUT2D eigenvalue weighted by molar-refractivity contribution is 7.86. The lowest BCUT2D eigenvalue weighted by molar-refractivity contribution is 0.146. The van der Waals surface area contributed by atoms with Crippen LogP contribution in [-0.4, -0.2) is 48.0 Å². The highest BCUT2D eigenvalue weighted by Gasteiger charge is 2.30. The fraction of sp³-hybridized carbons (Fsp3) is 0.241. The first-order chi connectivity index (χ1) is 18.1. The summed E-state index contributed by atoms with van der Waals surface area (Å²) in [5.41, 5.74) is 4.87. The van der Waals surface area contributed by atoms with Crippen molar-refractivity contribution in [3.8, 4) is 23.5 Å². The van der Waals surface area contributed by atoms with Gasteiger partial charge in [0.25, 0.3) is 0 Å². The first kappa shape index (κ1) is 24.3. The molecule has 2 aromatic carbocycles. The number of nitrogens with one attached hydrogen (secondary N) is 1. The van der Waals surface area contributed by atoms with Crippen LogP contribution in [0.15, 0.2) is 58.5 Å². The van der Waals surface area contributed by atoms with Gasteiger partial charge in [-0.2, -0.15) is 8.42 Å². The van der Waals surface area contributed by atoms with E-state index in [2.05, 4.69) is 25.4 Å². The zero-order chi connectivity index (χ0) is 26.9. The van der Waals surface area contributed by atoms with Crippen LogP contribution >= 0.6 is 0 Å². The maximum atomic E-state index is 14.0. The normalized spacial score (nSPS) is 14.9. The molecular weight excluding hydrogens is 503 g/mol. The smallest absolute Gasteiger partial charge is 0.333 e. The number of likely N-dealkylation sites (tertiary alicyclic amines) is 1. The van der Waals surface area contributed by atoms with Gasteiger partial charge in [0.15, 0.2) is 5.43 Å². The van der Waals surface area contributed by atoms with Crippen molar-refractivity contribution in [1.82, 2.24) is 19.4 Å². The summed E-state index contributed by atoms with van der Waals surface area (Å²) in [6.45, 7) is 5.60. The monoisotopic (exact) mass is 528 g/mol. The van der Waals surface area contributed by atoms with E-state index in [1.165, 1.54) is 12.3 Å². The number of benzene rings is 2. The summed E-state index contributed by atoms with van der Waals surface area (Å²) in [4.78, 5) is 23.2. The third kappa shape index (κ3) is 3.71. The molecule has 0 amide bonds. The number of aromatic amines is 1. The number of H-pyrrole nitrogens is 1. The number of hydrogen-bond donors (Lipinski definition) is 1. The number of hydrogen-bond acceptors (Lipinski definition) is 5. The first-order valence-electron chi connectivity index (χ1n) is 12.3. The number of fused-ring (bicyclic) bond motifs is 4. The second-order valence-electron chi connectivity index (χ2n) is 10.3. The van der Waals surface area contributed by atoms with Crippen LogP contribution in [0.1, 0.15) is 36.9 Å². The Hall–Kier alpha value is -4.00. The lowest BCUT2D eigenvalue weighted by atomic mass is 9.90. The SMILES string of the molecule is C#Cc1ccc2c(c1)[nH]c1c2c(=O)c2cc(C(C)C)c(-c3cncc(S(=O)(=O)F)c3)cc2n1C1CN(C)C1. The van der Waals surface area contributed by atoms with Crippen LogP contribution in [0.4, 0.5) is 3.89 Å². The van der Waals surface area contributed by atoms with Crippen molar-refractivity contribution in [3.63, 3.8) is 0 Å². The highest BCUT2D eigenvalue weighted by Crippen LogP contribution is 2.37. The average molecular weight is 529 g/mol. The second kappa shape index (κ2) is 8.51. The van der Waals surface area contributed by atoms with E-state index in [9.17, 15) is 17.1 Å². The van der Waals surface area contributed by atoms with E-state index in [0.717, 1.165) is 46.8 Å². The predicted molar refractivity (Wildman–Crippen MR) is 148 cm³/mol. The van der Waals surface area contributed by atoms with Gasteiger partial charge in [-0.1, -0.05) is 25.8 Å². The Morgan fingerprint density at radius 3 is 2.55 bits per heavy atom. The minimum absolute atomic E-state index is 0.000390. The van der Waals surface area contributed by atoms with Crippen molar-refractivity contribution in [3.05, 3.63) is 70.1 Å². The summed E-state index contributed by atoms with van der Waals surface area (Å²) in [5, 5.41) is 2.00. The average Bonchev–Trinajstić information content (AvgIpc) is 3.25. The number of nitrogens with zero attached hydrogens (tertiary/aromatic N) is 3. The summed E-state index contributed by atoms with van der Waals surface area (Å²) in [6, 6.07) is 10.8. The van der Waals surface area contributed by atoms with Gasteiger partial charge in [-0.15, -0.1) is 10.3 Å². The molecule has 1 aliphatic rings. The number of pyridine rings is 2. The quantitative estimate of drug-likeness (QED) is 0.264. The maximum absolute atomic E-state index is 14.0. The van der Waals surface area contributed by atoms with E-state index in [-0.39, 0.29) is 17.4 Å². The Bertz CT molecular complexity index is 1990. The van der Waals surface area contributed by atoms with E-state index in [4.69, 9.17) is 6.42 Å². The number of halogens is 1. The third-order valence-electron chi connectivity index (χ3n) is 7.42. The zero-order valence-corrected chi connectivity index (χ0v) is 21.9. The Morgan fingerprint density at radius 1 is 1.13 bits per heavy atom. The van der Waals surface area contributed by atoms with Crippen LogP contribution < -0.4 is 5.43 Å². The van der Waals surface area contributed by atoms with Crippen LogP contribution in [0, 0.1) is 12.3 Å². The van der Waals surface area contributed by atoms with E-state index in [0.29, 0.717) is 27.5 Å². The van der Waals surface area contributed by atoms with Crippen LogP contribution in [0.5, 0.6) is 0 Å². The zero-order valence-electron chi connectivity index (χ0n) is 21.1. The Balaban J connectivity index is 1.75. The van der Waals surface area contributed by atoms with Gasteiger partial charge in [-0.05, 0) is 54.4 Å². The van der Waals surface area contributed by atoms with Crippen molar-refractivity contribution in [2.75, 3.05) is 20.1 Å². The molecule has 9 heteroatoms. The van der Waals surface area contributed by atoms with Crippen molar-refractivity contribution in [2.45, 2.75) is 30.7 Å². The summed E-state index contributed by atoms with van der Waals surface area (Å²) in [6.07, 6.45) is 8.13. The molecule has 1 fully saturated rings. The molecule has 1 saturated heterocycles. The largest absolute Gasteiger partial charge is 0.340 e. The Labute approximate surface area is 219 Å². The molecule has 0 spiro atoms. The molecule has 0 radical (unpaired) electrons. The number of rotatable bonds is 4. The topological polar surface area (TPSA) is 88.1 Å². The van der Waals surface area contributed by atoms with Crippen molar-refractivity contribution < 1.29 is 12.3 Å². The van der Waals surface area contributed by atoms with Crippen molar-refractivity contribution >= 4 is 43.1 Å². The van der Waals surface area contributed by atoms with Crippen LogP contribution in [0.3, 0.4) is 0 Å². The standard InChI is InChI=1S/C29H25FN4O3S/c1-5-17-6-7-21-25(8-17)32-29-27(21)28(35)24-10-22(16(2)3)23(11-26(24)34(29)19-14-33(4)15-19)18-9-20(13-31-12-18)38(30,36)37/h1,6-13,16,19,32H,14-15H2,2-4H3. The van der Waals surface area contributed by atoms with Gasteiger partial charge in [0.1, 0.15) is 10.5 Å². The molecule has 1 aliphatic heterocycles. The third-order valence-corrected chi connectivity index (χ3v) is 8.21. The van der Waals surface area contributed by atoms with E-state index in [1.54, 1.807) is 0 Å². The molecule has 3 aromatic heterocycles. The van der Waals surface area contributed by atoms with Crippen molar-refractivity contribution in [1.29, 1.82) is 0 Å². The minimum Gasteiger partial charge on any atom is -0.340 e. The second-order valence-corrected chi connectivity index (χ2v) is 11.6. The van der Waals surface area contributed by atoms with E-state index in [1.807, 2.05) is 51.2 Å². The van der Waals surface area contributed by atoms with Gasteiger partial charge in [-0.25, -0.2) is 0 Å². The number of terminal acetylenes is 1. The molecule has 38 heavy (non-hydrogen) atoms. The maximum Gasteiger partial charge on any atom is 0.333 e. The fourth-order valence-corrected chi connectivity index (χ4v) is 6.02. The summed E-state index contributed by atoms with van der Waals surface area (Å²) in [5.74, 6) is 2.65. The summed E-state index contributed by atoms with van der Waals surface area (Å²) in [7, 11) is -2.89. The molecule has 6 rings (SSSR count). The molecule has 0 bridgehead atoms. The molecule has 7 nitrogen and oxygen atoms in total. The number of aromatic nitrogens is 3. The molecule has 192 valence electrons. The first-order valence-corrected chi connectivity index (χ1v) is 13.7. The van der Waals surface area contributed by atoms with Gasteiger partial charge in [0, 0.05) is 52.9 Å². The summed E-state index contributed by atoms with van der Waals surface area (Å²) >= 11 is 0. The molecule has 4 heterocycles. The Morgan fingerprint density at radius 2 is 1.89 bits per heavy atom. The highest BCUT2D eigenvalue weighted by atomic mass is 32.3. The van der Waals surface area contributed by atoms with E-state index >= 15 is 0 Å². The number of likely N-dealkylation sites (N-methyl/N-ethyl adjacent to an activating group) is 1.